The zero-order valence-corrected chi connectivity index (χ0v) is 10.7. The van der Waals surface area contributed by atoms with E-state index in [4.69, 9.17) is 4.74 Å². The average Bonchev–Trinajstić information content (AvgIpc) is 2.91. The summed E-state index contributed by atoms with van der Waals surface area (Å²) in [4.78, 5) is 11.8. The molecule has 4 heteroatoms. The van der Waals surface area contributed by atoms with Crippen molar-refractivity contribution in [3.63, 3.8) is 0 Å². The Hall–Kier alpha value is -1.55. The first-order chi connectivity index (χ1) is 8.79. The van der Waals surface area contributed by atoms with Crippen LogP contribution in [0.1, 0.15) is 25.3 Å². The van der Waals surface area contributed by atoms with Crippen LogP contribution in [0.15, 0.2) is 24.3 Å². The molecule has 18 heavy (non-hydrogen) atoms. The molecule has 1 atom stereocenters. The van der Waals surface area contributed by atoms with Crippen LogP contribution in [-0.4, -0.2) is 25.1 Å². The zero-order valence-electron chi connectivity index (χ0n) is 10.7. The molecule has 1 heterocycles. The maximum absolute atomic E-state index is 11.8. The van der Waals surface area contributed by atoms with E-state index in [-0.39, 0.29) is 11.9 Å². The minimum absolute atomic E-state index is 0.0138. The van der Waals surface area contributed by atoms with Crippen LogP contribution >= 0.6 is 0 Å². The molecule has 0 aliphatic carbocycles. The number of hydrogen-bond acceptors (Lipinski definition) is 3. The highest BCUT2D eigenvalue weighted by Crippen LogP contribution is 2.13. The molecule has 4 nitrogen and oxygen atoms in total. The smallest absolute Gasteiger partial charge is 0.237 e. The summed E-state index contributed by atoms with van der Waals surface area (Å²) in [7, 11) is 0. The second kappa shape index (κ2) is 6.40. The van der Waals surface area contributed by atoms with E-state index in [0.717, 1.165) is 30.7 Å². The van der Waals surface area contributed by atoms with Gasteiger partial charge in [0.15, 0.2) is 0 Å². The van der Waals surface area contributed by atoms with Crippen molar-refractivity contribution in [2.24, 2.45) is 0 Å². The van der Waals surface area contributed by atoms with E-state index in [9.17, 15) is 4.79 Å². The molecule has 0 saturated carbocycles. The van der Waals surface area contributed by atoms with E-state index in [0.29, 0.717) is 13.2 Å². The second-order valence-corrected chi connectivity index (χ2v) is 4.45. The Labute approximate surface area is 108 Å². The highest BCUT2D eigenvalue weighted by atomic mass is 16.5. The van der Waals surface area contributed by atoms with Crippen LogP contribution in [0.2, 0.25) is 0 Å². The van der Waals surface area contributed by atoms with E-state index >= 15 is 0 Å². The van der Waals surface area contributed by atoms with Gasteiger partial charge in [-0.25, -0.2) is 0 Å². The summed E-state index contributed by atoms with van der Waals surface area (Å²) >= 11 is 0. The Kier molecular flexibility index (Phi) is 4.59. The quantitative estimate of drug-likeness (QED) is 0.829. The molecule has 0 bridgehead atoms. The van der Waals surface area contributed by atoms with Gasteiger partial charge in [-0.3, -0.25) is 4.79 Å². The molecule has 0 radical (unpaired) electrons. The third-order valence-electron chi connectivity index (χ3n) is 3.05. The van der Waals surface area contributed by atoms with Crippen molar-refractivity contribution in [1.29, 1.82) is 0 Å². The highest BCUT2D eigenvalue weighted by molar-refractivity contribution is 5.81. The molecule has 1 aliphatic heterocycles. The number of carbonyl (C=O) groups is 1. The Bertz CT molecular complexity index is 401. The standard InChI is InChI=1S/C14H20N2O2/c1-2-18-12-6-3-5-11(9-12)10-16-14(17)13-7-4-8-15-13/h3,5-6,9,13,15H,2,4,7-8,10H2,1H3,(H,16,17). The molecule has 1 fully saturated rings. The van der Waals surface area contributed by atoms with E-state index in [1.807, 2.05) is 31.2 Å². The van der Waals surface area contributed by atoms with Crippen molar-refractivity contribution >= 4 is 5.91 Å². The molecule has 1 aromatic carbocycles. The zero-order chi connectivity index (χ0) is 12.8. The lowest BCUT2D eigenvalue weighted by Gasteiger charge is -2.11. The summed E-state index contributed by atoms with van der Waals surface area (Å²) in [6, 6.07) is 7.81. The normalized spacial score (nSPS) is 18.6. The maximum Gasteiger partial charge on any atom is 0.237 e. The fraction of sp³-hybridized carbons (Fsp3) is 0.500. The number of ether oxygens (including phenoxy) is 1. The van der Waals surface area contributed by atoms with Crippen LogP contribution in [0.3, 0.4) is 0 Å². The van der Waals surface area contributed by atoms with Gasteiger partial charge in [0.25, 0.3) is 0 Å². The molecule has 1 aromatic rings. The van der Waals surface area contributed by atoms with Crippen LogP contribution in [0.5, 0.6) is 5.75 Å². The summed E-state index contributed by atoms with van der Waals surface area (Å²) in [5.41, 5.74) is 1.06. The van der Waals surface area contributed by atoms with Gasteiger partial charge in [0.1, 0.15) is 5.75 Å². The first-order valence-corrected chi connectivity index (χ1v) is 6.52. The molecular weight excluding hydrogens is 228 g/mol. The lowest BCUT2D eigenvalue weighted by atomic mass is 10.2. The van der Waals surface area contributed by atoms with Crippen LogP contribution in [0.4, 0.5) is 0 Å². The average molecular weight is 248 g/mol. The van der Waals surface area contributed by atoms with Crippen LogP contribution in [0.25, 0.3) is 0 Å². The molecule has 0 spiro atoms. The Morgan fingerprint density at radius 2 is 2.44 bits per heavy atom. The summed E-state index contributed by atoms with van der Waals surface area (Å²) in [5, 5.41) is 6.14. The third kappa shape index (κ3) is 3.47. The van der Waals surface area contributed by atoms with E-state index < -0.39 is 0 Å². The molecule has 2 rings (SSSR count). The fourth-order valence-corrected chi connectivity index (χ4v) is 2.13. The Morgan fingerprint density at radius 1 is 1.56 bits per heavy atom. The minimum atomic E-state index is -0.0138. The lowest BCUT2D eigenvalue weighted by molar-refractivity contribution is -0.122. The number of hydrogen-bond donors (Lipinski definition) is 2. The number of rotatable bonds is 5. The Morgan fingerprint density at radius 3 is 3.17 bits per heavy atom. The predicted molar refractivity (Wildman–Crippen MR) is 70.5 cm³/mol. The molecule has 0 aromatic heterocycles. The SMILES string of the molecule is CCOc1cccc(CNC(=O)C2CCCN2)c1. The topological polar surface area (TPSA) is 50.4 Å². The van der Waals surface area contributed by atoms with E-state index in [1.54, 1.807) is 0 Å². The van der Waals surface area contributed by atoms with Crippen molar-refractivity contribution in [2.75, 3.05) is 13.2 Å². The van der Waals surface area contributed by atoms with Gasteiger partial charge in [-0.05, 0) is 44.0 Å². The highest BCUT2D eigenvalue weighted by Gasteiger charge is 2.21. The van der Waals surface area contributed by atoms with Gasteiger partial charge in [-0.1, -0.05) is 12.1 Å². The fourth-order valence-electron chi connectivity index (χ4n) is 2.13. The van der Waals surface area contributed by atoms with Gasteiger partial charge in [0.05, 0.1) is 12.6 Å². The summed E-state index contributed by atoms with van der Waals surface area (Å²) in [6.45, 7) is 4.11. The minimum Gasteiger partial charge on any atom is -0.494 e. The Balaban J connectivity index is 1.85. The van der Waals surface area contributed by atoms with Crippen molar-refractivity contribution in [2.45, 2.75) is 32.4 Å². The summed E-state index contributed by atoms with van der Waals surface area (Å²) < 4.78 is 5.43. The summed E-state index contributed by atoms with van der Waals surface area (Å²) in [6.07, 6.45) is 2.02. The van der Waals surface area contributed by atoms with Gasteiger partial charge >= 0.3 is 0 Å². The first-order valence-electron chi connectivity index (χ1n) is 6.52. The van der Waals surface area contributed by atoms with Crippen molar-refractivity contribution < 1.29 is 9.53 Å². The van der Waals surface area contributed by atoms with Crippen LogP contribution in [-0.2, 0) is 11.3 Å². The van der Waals surface area contributed by atoms with E-state index in [2.05, 4.69) is 10.6 Å². The van der Waals surface area contributed by atoms with Gasteiger partial charge in [0, 0.05) is 6.54 Å². The summed E-state index contributed by atoms with van der Waals surface area (Å²) in [5.74, 6) is 0.942. The van der Waals surface area contributed by atoms with E-state index in [1.165, 1.54) is 0 Å². The first kappa shape index (κ1) is 12.9. The molecule has 1 amide bonds. The van der Waals surface area contributed by atoms with Crippen molar-refractivity contribution in [3.05, 3.63) is 29.8 Å². The number of amides is 1. The molecule has 98 valence electrons. The predicted octanol–water partition coefficient (Wildman–Crippen LogP) is 1.45. The van der Waals surface area contributed by atoms with Gasteiger partial charge in [-0.15, -0.1) is 0 Å². The van der Waals surface area contributed by atoms with Crippen LogP contribution in [0, 0.1) is 0 Å². The maximum atomic E-state index is 11.8. The largest absolute Gasteiger partial charge is 0.494 e. The second-order valence-electron chi connectivity index (χ2n) is 4.45. The number of carbonyl (C=O) groups excluding carboxylic acids is 1. The molecule has 1 unspecified atom stereocenters. The number of benzene rings is 1. The lowest BCUT2D eigenvalue weighted by Crippen LogP contribution is -2.39. The van der Waals surface area contributed by atoms with Crippen LogP contribution < -0.4 is 15.4 Å². The van der Waals surface area contributed by atoms with Gasteiger partial charge in [0.2, 0.25) is 5.91 Å². The van der Waals surface area contributed by atoms with Crippen molar-refractivity contribution in [3.8, 4) is 5.75 Å². The molecule has 2 N–H and O–H groups in total. The molecule has 1 saturated heterocycles. The molecular formula is C14H20N2O2. The third-order valence-corrected chi connectivity index (χ3v) is 3.05. The van der Waals surface area contributed by atoms with Gasteiger partial charge in [-0.2, -0.15) is 0 Å². The monoisotopic (exact) mass is 248 g/mol. The molecule has 1 aliphatic rings. The number of nitrogens with one attached hydrogen (secondary N) is 2. The van der Waals surface area contributed by atoms with Crippen molar-refractivity contribution in [1.82, 2.24) is 10.6 Å². The van der Waals surface area contributed by atoms with Gasteiger partial charge < -0.3 is 15.4 Å².